The third-order valence-electron chi connectivity index (χ3n) is 6.83. The second kappa shape index (κ2) is 10.0. The van der Waals surface area contributed by atoms with E-state index in [-0.39, 0.29) is 17.8 Å². The molecule has 0 aliphatic carbocycles. The Bertz CT molecular complexity index is 942. The summed E-state index contributed by atoms with van der Waals surface area (Å²) < 4.78 is 25.0. The van der Waals surface area contributed by atoms with Crippen LogP contribution >= 0.6 is 0 Å². The largest absolute Gasteiger partial charge is 0.496 e. The summed E-state index contributed by atoms with van der Waals surface area (Å²) in [6.45, 7) is 3.17. The minimum atomic E-state index is -0.487. The van der Waals surface area contributed by atoms with Crippen LogP contribution in [0.3, 0.4) is 0 Å². The molecule has 2 aliphatic rings. The summed E-state index contributed by atoms with van der Waals surface area (Å²) in [7, 11) is 3.69. The van der Waals surface area contributed by atoms with Gasteiger partial charge in [0.1, 0.15) is 11.6 Å². The number of likely N-dealkylation sites (tertiary alicyclic amines) is 1. The molecule has 2 saturated heterocycles. The normalized spacial score (nSPS) is 21.2. The first-order valence-corrected chi connectivity index (χ1v) is 11.5. The molecule has 2 aromatic rings. The van der Waals surface area contributed by atoms with Crippen LogP contribution in [0.5, 0.6) is 5.75 Å². The SMILES string of the molecule is COc1ccc(F)cc1-c1cccc(CC2(C(=O)N[C@H]3CCCN(C)C3)CCOCC2)c1. The molecule has 0 unspecified atom stereocenters. The van der Waals surface area contributed by atoms with Crippen LogP contribution in [0.2, 0.25) is 0 Å². The van der Waals surface area contributed by atoms with Gasteiger partial charge in [-0.2, -0.15) is 0 Å². The fraction of sp³-hybridized carbons (Fsp3) is 0.500. The first kappa shape index (κ1) is 22.7. The second-order valence-corrected chi connectivity index (χ2v) is 9.19. The summed E-state index contributed by atoms with van der Waals surface area (Å²) in [5.74, 6) is 0.460. The maximum Gasteiger partial charge on any atom is 0.226 e. The van der Waals surface area contributed by atoms with E-state index in [9.17, 15) is 9.18 Å². The lowest BCUT2D eigenvalue weighted by molar-refractivity contribution is -0.137. The number of nitrogens with one attached hydrogen (secondary N) is 1. The molecule has 2 heterocycles. The molecular formula is C26H33FN2O3. The molecule has 0 bridgehead atoms. The quantitative estimate of drug-likeness (QED) is 0.736. The Labute approximate surface area is 189 Å². The van der Waals surface area contributed by atoms with Crippen molar-refractivity contribution in [3.8, 4) is 16.9 Å². The highest BCUT2D eigenvalue weighted by atomic mass is 19.1. The molecule has 1 amide bonds. The first-order chi connectivity index (χ1) is 15.5. The smallest absolute Gasteiger partial charge is 0.226 e. The van der Waals surface area contributed by atoms with Gasteiger partial charge in [-0.25, -0.2) is 4.39 Å². The molecule has 0 saturated carbocycles. The number of rotatable bonds is 6. The summed E-state index contributed by atoms with van der Waals surface area (Å²) in [4.78, 5) is 15.8. The maximum atomic E-state index is 13.9. The van der Waals surface area contributed by atoms with Crippen LogP contribution in [0, 0.1) is 11.2 Å². The summed E-state index contributed by atoms with van der Waals surface area (Å²) in [6.07, 6.45) is 4.17. The van der Waals surface area contributed by atoms with E-state index in [0.717, 1.165) is 37.1 Å². The van der Waals surface area contributed by atoms with Gasteiger partial charge in [-0.15, -0.1) is 0 Å². The Morgan fingerprint density at radius 2 is 2.06 bits per heavy atom. The number of hydrogen-bond donors (Lipinski definition) is 1. The zero-order chi connectivity index (χ0) is 22.6. The van der Waals surface area contributed by atoms with Crippen LogP contribution in [0.25, 0.3) is 11.1 Å². The maximum absolute atomic E-state index is 13.9. The molecule has 4 rings (SSSR count). The molecule has 2 aromatic carbocycles. The monoisotopic (exact) mass is 440 g/mol. The van der Waals surface area contributed by atoms with Gasteiger partial charge in [-0.05, 0) is 75.0 Å². The van der Waals surface area contributed by atoms with E-state index in [1.165, 1.54) is 12.1 Å². The lowest BCUT2D eigenvalue weighted by Gasteiger charge is -2.39. The van der Waals surface area contributed by atoms with Crippen molar-refractivity contribution < 1.29 is 18.7 Å². The van der Waals surface area contributed by atoms with E-state index < -0.39 is 5.41 Å². The number of halogens is 1. The van der Waals surface area contributed by atoms with Gasteiger partial charge in [0.15, 0.2) is 0 Å². The fourth-order valence-electron chi connectivity index (χ4n) is 5.01. The molecule has 1 atom stereocenters. The number of hydrogen-bond acceptors (Lipinski definition) is 4. The molecule has 172 valence electrons. The van der Waals surface area contributed by atoms with Crippen molar-refractivity contribution in [2.45, 2.75) is 38.1 Å². The molecule has 0 radical (unpaired) electrons. The van der Waals surface area contributed by atoms with Gasteiger partial charge in [0.2, 0.25) is 5.91 Å². The highest BCUT2D eigenvalue weighted by Gasteiger charge is 2.41. The van der Waals surface area contributed by atoms with Crippen LogP contribution in [0.4, 0.5) is 4.39 Å². The first-order valence-electron chi connectivity index (χ1n) is 11.5. The number of amides is 1. The Morgan fingerprint density at radius 1 is 1.25 bits per heavy atom. The minimum Gasteiger partial charge on any atom is -0.496 e. The van der Waals surface area contributed by atoms with Gasteiger partial charge >= 0.3 is 0 Å². The van der Waals surface area contributed by atoms with E-state index in [0.29, 0.717) is 43.8 Å². The highest BCUT2D eigenvalue weighted by molar-refractivity contribution is 5.83. The van der Waals surface area contributed by atoms with Crippen molar-refractivity contribution in [1.82, 2.24) is 10.2 Å². The highest BCUT2D eigenvalue weighted by Crippen LogP contribution is 2.37. The summed E-state index contributed by atoms with van der Waals surface area (Å²) in [5, 5.41) is 3.35. The fourth-order valence-corrected chi connectivity index (χ4v) is 5.01. The lowest BCUT2D eigenvalue weighted by Crippen LogP contribution is -2.53. The van der Waals surface area contributed by atoms with Crippen molar-refractivity contribution >= 4 is 5.91 Å². The van der Waals surface area contributed by atoms with Crippen molar-refractivity contribution in [3.05, 3.63) is 53.8 Å². The van der Waals surface area contributed by atoms with E-state index in [2.05, 4.69) is 23.3 Å². The second-order valence-electron chi connectivity index (χ2n) is 9.19. The predicted molar refractivity (Wildman–Crippen MR) is 123 cm³/mol. The average molecular weight is 441 g/mol. The third-order valence-corrected chi connectivity index (χ3v) is 6.83. The Morgan fingerprint density at radius 3 is 2.81 bits per heavy atom. The van der Waals surface area contributed by atoms with E-state index in [1.807, 2.05) is 18.2 Å². The predicted octanol–water partition coefficient (Wildman–Crippen LogP) is 4.05. The number of carbonyl (C=O) groups excluding carboxylic acids is 1. The number of likely N-dealkylation sites (N-methyl/N-ethyl adjacent to an activating group) is 1. The summed E-state index contributed by atoms with van der Waals surface area (Å²) in [6, 6.07) is 12.8. The Hall–Kier alpha value is -2.44. The molecule has 5 nitrogen and oxygen atoms in total. The van der Waals surface area contributed by atoms with Gasteiger partial charge in [-0.1, -0.05) is 24.3 Å². The van der Waals surface area contributed by atoms with Gasteiger partial charge < -0.3 is 19.7 Å². The van der Waals surface area contributed by atoms with Crippen LogP contribution < -0.4 is 10.1 Å². The van der Waals surface area contributed by atoms with Crippen molar-refractivity contribution in [3.63, 3.8) is 0 Å². The number of methoxy groups -OCH3 is 1. The summed E-state index contributed by atoms with van der Waals surface area (Å²) >= 11 is 0. The molecule has 2 aliphatic heterocycles. The van der Waals surface area contributed by atoms with Crippen LogP contribution in [-0.4, -0.2) is 57.3 Å². The Kier molecular flexibility index (Phi) is 7.11. The summed E-state index contributed by atoms with van der Waals surface area (Å²) in [5.41, 5.74) is 2.17. The zero-order valence-electron chi connectivity index (χ0n) is 19.0. The number of piperidine rings is 1. The van der Waals surface area contributed by atoms with Crippen LogP contribution in [0.15, 0.2) is 42.5 Å². The van der Waals surface area contributed by atoms with Gasteiger partial charge in [0.05, 0.1) is 12.5 Å². The number of ether oxygens (including phenoxy) is 2. The molecule has 1 N–H and O–H groups in total. The molecule has 32 heavy (non-hydrogen) atoms. The minimum absolute atomic E-state index is 0.134. The number of nitrogens with zero attached hydrogens (tertiary/aromatic N) is 1. The molecule has 0 spiro atoms. The van der Waals surface area contributed by atoms with Crippen molar-refractivity contribution in [2.24, 2.45) is 5.41 Å². The third kappa shape index (κ3) is 5.13. The van der Waals surface area contributed by atoms with Crippen molar-refractivity contribution in [2.75, 3.05) is 40.5 Å². The van der Waals surface area contributed by atoms with Gasteiger partial charge in [-0.3, -0.25) is 4.79 Å². The van der Waals surface area contributed by atoms with Crippen LogP contribution in [-0.2, 0) is 16.0 Å². The Balaban J connectivity index is 1.58. The molecular weight excluding hydrogens is 407 g/mol. The van der Waals surface area contributed by atoms with Crippen LogP contribution in [0.1, 0.15) is 31.2 Å². The van der Waals surface area contributed by atoms with E-state index in [1.54, 1.807) is 13.2 Å². The molecule has 2 fully saturated rings. The molecule has 6 heteroatoms. The average Bonchev–Trinajstić information content (AvgIpc) is 2.80. The van der Waals surface area contributed by atoms with E-state index >= 15 is 0 Å². The number of carbonyl (C=O) groups is 1. The standard InChI is InChI=1S/C26H33FN2O3/c1-29-12-4-7-22(18-29)28-25(30)26(10-13-32-14-11-26)17-19-5-3-6-20(15-19)23-16-21(27)8-9-24(23)31-2/h3,5-6,8-9,15-16,22H,4,7,10-14,17-18H2,1-2H3,(H,28,30)/t22-/m0/s1. The molecule has 0 aromatic heterocycles. The zero-order valence-corrected chi connectivity index (χ0v) is 19.0. The van der Waals surface area contributed by atoms with Gasteiger partial charge in [0, 0.05) is 31.4 Å². The lowest BCUT2D eigenvalue weighted by atomic mass is 9.74. The van der Waals surface area contributed by atoms with Crippen molar-refractivity contribution in [1.29, 1.82) is 0 Å². The topological polar surface area (TPSA) is 50.8 Å². The van der Waals surface area contributed by atoms with E-state index in [4.69, 9.17) is 9.47 Å². The number of benzene rings is 2. The van der Waals surface area contributed by atoms with Gasteiger partial charge in [0.25, 0.3) is 0 Å².